The number of carbonyl (C=O) groups excluding carboxylic acids is 2. The molecule has 2 heterocycles. The van der Waals surface area contributed by atoms with Gasteiger partial charge in [-0.25, -0.2) is 4.79 Å². The number of benzene rings is 1. The number of thiophene rings is 1. The van der Waals surface area contributed by atoms with Crippen LogP contribution in [-0.2, 0) is 16.1 Å². The molecule has 1 aromatic heterocycles. The minimum absolute atomic E-state index is 0.101. The number of methoxy groups -OCH3 is 1. The first-order valence-electron chi connectivity index (χ1n) is 9.51. The van der Waals surface area contributed by atoms with Gasteiger partial charge in [0.1, 0.15) is 4.88 Å². The van der Waals surface area contributed by atoms with Crippen LogP contribution < -0.4 is 5.32 Å². The zero-order valence-corrected chi connectivity index (χ0v) is 17.3. The van der Waals surface area contributed by atoms with E-state index >= 15 is 0 Å². The normalized spacial score (nSPS) is 15.8. The van der Waals surface area contributed by atoms with Crippen molar-refractivity contribution in [3.63, 3.8) is 0 Å². The second-order valence-electron chi connectivity index (χ2n) is 7.04. The maximum atomic E-state index is 12.5. The van der Waals surface area contributed by atoms with Crippen LogP contribution in [0, 0.1) is 6.92 Å². The van der Waals surface area contributed by atoms with Crippen LogP contribution in [0.25, 0.3) is 0 Å². The van der Waals surface area contributed by atoms with Crippen LogP contribution in [0.1, 0.15) is 27.2 Å². The van der Waals surface area contributed by atoms with E-state index in [0.717, 1.165) is 39.1 Å². The topological polar surface area (TPSA) is 61.9 Å². The van der Waals surface area contributed by atoms with E-state index in [9.17, 15) is 9.59 Å². The summed E-state index contributed by atoms with van der Waals surface area (Å²) in [6, 6.07) is 10.2. The molecule has 1 saturated heterocycles. The van der Waals surface area contributed by atoms with Crippen LogP contribution in [0.15, 0.2) is 35.7 Å². The Morgan fingerprint density at radius 2 is 1.86 bits per heavy atom. The molecule has 1 N–H and O–H groups in total. The average molecular weight is 402 g/mol. The SMILES string of the molecule is COC(=O)c1sccc1NC(=O)CN1CCCN(Cc2ccccc2C)CC1. The van der Waals surface area contributed by atoms with Crippen molar-refractivity contribution < 1.29 is 14.3 Å². The summed E-state index contributed by atoms with van der Waals surface area (Å²) in [6.45, 7) is 7.14. The van der Waals surface area contributed by atoms with Crippen LogP contribution >= 0.6 is 11.3 Å². The van der Waals surface area contributed by atoms with E-state index in [2.05, 4.69) is 46.3 Å². The molecule has 28 heavy (non-hydrogen) atoms. The maximum Gasteiger partial charge on any atom is 0.350 e. The molecule has 1 aliphatic rings. The predicted octanol–water partition coefficient (Wildman–Crippen LogP) is 2.99. The first-order valence-corrected chi connectivity index (χ1v) is 10.4. The van der Waals surface area contributed by atoms with Crippen molar-refractivity contribution in [2.75, 3.05) is 45.2 Å². The molecule has 1 aromatic carbocycles. The maximum absolute atomic E-state index is 12.5. The molecule has 0 aliphatic carbocycles. The molecule has 0 saturated carbocycles. The molecular weight excluding hydrogens is 374 g/mol. The van der Waals surface area contributed by atoms with Crippen LogP contribution in [-0.4, -0.2) is 61.5 Å². The Labute approximate surface area is 170 Å². The molecule has 0 radical (unpaired) electrons. The lowest BCUT2D eigenvalue weighted by atomic mass is 10.1. The van der Waals surface area contributed by atoms with Gasteiger partial charge in [-0.05, 0) is 49.0 Å². The first kappa shape index (κ1) is 20.5. The van der Waals surface area contributed by atoms with Crippen molar-refractivity contribution in [3.05, 3.63) is 51.7 Å². The van der Waals surface area contributed by atoms with Crippen molar-refractivity contribution in [2.24, 2.45) is 0 Å². The van der Waals surface area contributed by atoms with Crippen LogP contribution in [0.2, 0.25) is 0 Å². The smallest absolute Gasteiger partial charge is 0.350 e. The summed E-state index contributed by atoms with van der Waals surface area (Å²) >= 11 is 1.27. The standard InChI is InChI=1S/C21H27N3O3S/c1-16-6-3-4-7-17(16)14-23-9-5-10-24(12-11-23)15-19(25)22-18-8-13-28-20(18)21(26)27-2/h3-4,6-8,13H,5,9-12,14-15H2,1-2H3,(H,22,25). The molecule has 1 fully saturated rings. The fourth-order valence-corrected chi connectivity index (χ4v) is 4.19. The lowest BCUT2D eigenvalue weighted by Crippen LogP contribution is -2.36. The van der Waals surface area contributed by atoms with Gasteiger partial charge in [-0.15, -0.1) is 11.3 Å². The zero-order valence-electron chi connectivity index (χ0n) is 16.4. The fourth-order valence-electron chi connectivity index (χ4n) is 3.42. The molecule has 1 amide bonds. The summed E-state index contributed by atoms with van der Waals surface area (Å²) in [5.41, 5.74) is 3.21. The minimum atomic E-state index is -0.424. The van der Waals surface area contributed by atoms with Gasteiger partial charge in [0.15, 0.2) is 0 Å². The van der Waals surface area contributed by atoms with Crippen molar-refractivity contribution in [1.82, 2.24) is 9.80 Å². The number of esters is 1. The Hall–Kier alpha value is -2.22. The van der Waals surface area contributed by atoms with E-state index in [0.29, 0.717) is 17.1 Å². The van der Waals surface area contributed by atoms with E-state index in [-0.39, 0.29) is 5.91 Å². The molecule has 2 aromatic rings. The Kier molecular flexibility index (Phi) is 7.19. The monoisotopic (exact) mass is 401 g/mol. The van der Waals surface area contributed by atoms with E-state index in [1.165, 1.54) is 29.6 Å². The molecule has 150 valence electrons. The van der Waals surface area contributed by atoms with Gasteiger partial charge in [0.2, 0.25) is 5.91 Å². The quantitative estimate of drug-likeness (QED) is 0.754. The van der Waals surface area contributed by atoms with Gasteiger partial charge in [0, 0.05) is 19.6 Å². The number of carbonyl (C=O) groups is 2. The summed E-state index contributed by atoms with van der Waals surface area (Å²) in [6.07, 6.45) is 1.03. The first-order chi connectivity index (χ1) is 13.6. The number of nitrogens with zero attached hydrogens (tertiary/aromatic N) is 2. The highest BCUT2D eigenvalue weighted by Crippen LogP contribution is 2.23. The molecule has 0 bridgehead atoms. The third-order valence-electron chi connectivity index (χ3n) is 5.01. The number of nitrogens with one attached hydrogen (secondary N) is 1. The molecule has 0 atom stereocenters. The number of amides is 1. The largest absolute Gasteiger partial charge is 0.465 e. The number of hydrogen-bond donors (Lipinski definition) is 1. The summed E-state index contributed by atoms with van der Waals surface area (Å²) in [5, 5.41) is 4.62. The number of hydrogen-bond acceptors (Lipinski definition) is 6. The summed E-state index contributed by atoms with van der Waals surface area (Å²) in [7, 11) is 1.34. The third-order valence-corrected chi connectivity index (χ3v) is 5.91. The second-order valence-corrected chi connectivity index (χ2v) is 7.95. The van der Waals surface area contributed by atoms with Gasteiger partial charge in [0.25, 0.3) is 0 Å². The van der Waals surface area contributed by atoms with E-state index in [4.69, 9.17) is 4.74 Å². The molecule has 0 spiro atoms. The lowest BCUT2D eigenvalue weighted by Gasteiger charge is -2.22. The minimum Gasteiger partial charge on any atom is -0.465 e. The molecule has 3 rings (SSSR count). The van der Waals surface area contributed by atoms with Crippen molar-refractivity contribution >= 4 is 28.9 Å². The van der Waals surface area contributed by atoms with Gasteiger partial charge in [-0.3, -0.25) is 14.6 Å². The number of ether oxygens (including phenoxy) is 1. The Balaban J connectivity index is 1.51. The second kappa shape index (κ2) is 9.82. The van der Waals surface area contributed by atoms with E-state index in [1.54, 1.807) is 11.4 Å². The van der Waals surface area contributed by atoms with Crippen LogP contribution in [0.4, 0.5) is 5.69 Å². The Morgan fingerprint density at radius 1 is 1.11 bits per heavy atom. The Bertz CT molecular complexity index is 821. The van der Waals surface area contributed by atoms with Crippen molar-refractivity contribution in [1.29, 1.82) is 0 Å². The fraction of sp³-hybridized carbons (Fsp3) is 0.429. The van der Waals surface area contributed by atoms with Crippen molar-refractivity contribution in [3.8, 4) is 0 Å². The molecule has 0 unspecified atom stereocenters. The van der Waals surface area contributed by atoms with E-state index < -0.39 is 5.97 Å². The summed E-state index contributed by atoms with van der Waals surface area (Å²) in [5.74, 6) is -0.525. The van der Waals surface area contributed by atoms with Crippen LogP contribution in [0.5, 0.6) is 0 Å². The average Bonchev–Trinajstić information content (AvgIpc) is 3.03. The molecule has 6 nitrogen and oxygen atoms in total. The molecular formula is C21H27N3O3S. The van der Waals surface area contributed by atoms with Gasteiger partial charge in [-0.2, -0.15) is 0 Å². The lowest BCUT2D eigenvalue weighted by molar-refractivity contribution is -0.117. The molecule has 1 aliphatic heterocycles. The number of aryl methyl sites for hydroxylation is 1. The zero-order chi connectivity index (χ0) is 19.9. The van der Waals surface area contributed by atoms with Gasteiger partial charge < -0.3 is 10.1 Å². The summed E-state index contributed by atoms with van der Waals surface area (Å²) < 4.78 is 4.76. The highest BCUT2D eigenvalue weighted by molar-refractivity contribution is 7.12. The Morgan fingerprint density at radius 3 is 2.64 bits per heavy atom. The van der Waals surface area contributed by atoms with Crippen molar-refractivity contribution in [2.45, 2.75) is 19.9 Å². The number of anilines is 1. The predicted molar refractivity (Wildman–Crippen MR) is 112 cm³/mol. The van der Waals surface area contributed by atoms with Gasteiger partial charge >= 0.3 is 5.97 Å². The molecule has 7 heteroatoms. The van der Waals surface area contributed by atoms with Gasteiger partial charge in [-0.1, -0.05) is 24.3 Å². The summed E-state index contributed by atoms with van der Waals surface area (Å²) in [4.78, 5) is 29.3. The highest BCUT2D eigenvalue weighted by atomic mass is 32.1. The highest BCUT2D eigenvalue weighted by Gasteiger charge is 2.20. The van der Waals surface area contributed by atoms with E-state index in [1.807, 2.05) is 0 Å². The third kappa shape index (κ3) is 5.41. The van der Waals surface area contributed by atoms with Crippen LogP contribution in [0.3, 0.4) is 0 Å². The number of rotatable bonds is 6. The van der Waals surface area contributed by atoms with Gasteiger partial charge in [0.05, 0.1) is 19.3 Å².